The molecule has 0 heterocycles. The van der Waals surface area contributed by atoms with E-state index in [1.54, 1.807) is 0 Å². The van der Waals surface area contributed by atoms with Gasteiger partial charge in [0.2, 0.25) is 0 Å². The van der Waals surface area contributed by atoms with Crippen molar-refractivity contribution in [2.45, 2.75) is 13.8 Å². The van der Waals surface area contributed by atoms with E-state index in [-0.39, 0.29) is 11.7 Å². The van der Waals surface area contributed by atoms with Gasteiger partial charge in [-0.2, -0.15) is 0 Å². The molecule has 0 saturated heterocycles. The minimum atomic E-state index is 0.0926. The Morgan fingerprint density at radius 3 is 2.67 bits per heavy atom. The molecule has 1 rings (SSSR count). The van der Waals surface area contributed by atoms with Crippen LogP contribution in [-0.2, 0) is 4.79 Å². The van der Waals surface area contributed by atoms with Crippen LogP contribution in [0.4, 0.5) is 0 Å². The van der Waals surface area contributed by atoms with Crippen molar-refractivity contribution in [1.82, 2.24) is 0 Å². The van der Waals surface area contributed by atoms with Crippen molar-refractivity contribution in [2.24, 2.45) is 5.92 Å². The van der Waals surface area contributed by atoms with Crippen LogP contribution in [0.15, 0.2) is 23.8 Å². The maximum absolute atomic E-state index is 11.0. The molecule has 1 unspecified atom stereocenters. The molecule has 1 atom stereocenters. The van der Waals surface area contributed by atoms with E-state index < -0.39 is 0 Å². The van der Waals surface area contributed by atoms with Crippen molar-refractivity contribution in [2.75, 3.05) is 0 Å². The average Bonchev–Trinajstić information content (AvgIpc) is 1.83. The number of allylic oxidation sites excluding steroid dienone is 4. The molecule has 0 N–H and O–H groups in total. The van der Waals surface area contributed by atoms with Crippen LogP contribution in [0, 0.1) is 5.92 Å². The summed E-state index contributed by atoms with van der Waals surface area (Å²) in [4.78, 5) is 11.0. The lowest BCUT2D eigenvalue weighted by Crippen LogP contribution is -2.11. The highest BCUT2D eigenvalue weighted by atomic mass is 16.1. The van der Waals surface area contributed by atoms with Crippen LogP contribution < -0.4 is 0 Å². The highest BCUT2D eigenvalue weighted by Crippen LogP contribution is 2.12. The van der Waals surface area contributed by atoms with Crippen molar-refractivity contribution in [3.05, 3.63) is 23.8 Å². The van der Waals surface area contributed by atoms with Crippen molar-refractivity contribution in [1.29, 1.82) is 0 Å². The molecule has 0 spiro atoms. The Kier molecular flexibility index (Phi) is 1.52. The maximum Gasteiger partial charge on any atom is 0.165 e. The Morgan fingerprint density at radius 2 is 2.22 bits per heavy atom. The highest BCUT2D eigenvalue weighted by Gasteiger charge is 2.12. The Bertz CT molecular complexity index is 187. The van der Waals surface area contributed by atoms with Crippen LogP contribution in [0.1, 0.15) is 13.8 Å². The van der Waals surface area contributed by atoms with Crippen LogP contribution in [0.2, 0.25) is 0 Å². The number of carbonyl (C=O) groups is 1. The Labute approximate surface area is 55.1 Å². The van der Waals surface area contributed by atoms with Gasteiger partial charge in [-0.25, -0.2) is 0 Å². The molecule has 48 valence electrons. The molecule has 0 amide bonds. The molecule has 0 bridgehead atoms. The summed E-state index contributed by atoms with van der Waals surface area (Å²) in [7, 11) is 0. The maximum atomic E-state index is 11.0. The largest absolute Gasteiger partial charge is 0.294 e. The van der Waals surface area contributed by atoms with E-state index >= 15 is 0 Å². The number of rotatable bonds is 0. The van der Waals surface area contributed by atoms with Gasteiger partial charge < -0.3 is 0 Å². The Hall–Kier alpha value is -0.850. The molecular formula is C8H10O. The predicted molar refractivity (Wildman–Crippen MR) is 37.1 cm³/mol. The number of hydrogen-bond acceptors (Lipinski definition) is 1. The summed E-state index contributed by atoms with van der Waals surface area (Å²) < 4.78 is 0. The van der Waals surface area contributed by atoms with Gasteiger partial charge in [-0.1, -0.05) is 25.2 Å². The van der Waals surface area contributed by atoms with Crippen LogP contribution >= 0.6 is 0 Å². The topological polar surface area (TPSA) is 17.1 Å². The molecule has 0 aromatic rings. The summed E-state index contributed by atoms with van der Waals surface area (Å²) in [5, 5.41) is 0. The lowest BCUT2D eigenvalue weighted by molar-refractivity contribution is -0.117. The van der Waals surface area contributed by atoms with Crippen molar-refractivity contribution in [3.8, 4) is 0 Å². The molecule has 1 nitrogen and oxygen atoms in total. The normalized spacial score (nSPS) is 26.2. The first-order valence-electron chi connectivity index (χ1n) is 3.11. The number of carbonyl (C=O) groups excluding carboxylic acids is 1. The number of Topliss-reactive ketones (excluding diaryl/α,β-unsaturated/α-hetero) is 1. The second-order valence-electron chi connectivity index (χ2n) is 2.39. The molecule has 0 radical (unpaired) electrons. The minimum Gasteiger partial charge on any atom is -0.294 e. The fraction of sp³-hybridized carbons (Fsp3) is 0.375. The first-order valence-corrected chi connectivity index (χ1v) is 3.11. The van der Waals surface area contributed by atoms with Crippen molar-refractivity contribution >= 4 is 5.78 Å². The quantitative estimate of drug-likeness (QED) is 0.478. The molecular weight excluding hydrogens is 112 g/mol. The standard InChI is InChI=1S/C8H10O/c1-6-4-3-5-7(2)8(6)9/h3-6H,1-2H3. The summed E-state index contributed by atoms with van der Waals surface area (Å²) in [6, 6.07) is 0. The number of ketones is 1. The third-order valence-electron chi connectivity index (χ3n) is 1.55. The van der Waals surface area contributed by atoms with E-state index in [1.165, 1.54) is 0 Å². The lowest BCUT2D eigenvalue weighted by atomic mass is 9.96. The van der Waals surface area contributed by atoms with E-state index in [9.17, 15) is 4.79 Å². The summed E-state index contributed by atoms with van der Waals surface area (Å²) in [5.74, 6) is 0.340. The van der Waals surface area contributed by atoms with Gasteiger partial charge in [0.05, 0.1) is 0 Å². The predicted octanol–water partition coefficient (Wildman–Crippen LogP) is 1.71. The summed E-state index contributed by atoms with van der Waals surface area (Å²) in [5.41, 5.74) is 0.866. The van der Waals surface area contributed by atoms with Gasteiger partial charge in [-0.15, -0.1) is 0 Å². The van der Waals surface area contributed by atoms with Gasteiger partial charge in [0.25, 0.3) is 0 Å². The molecule has 1 heteroatoms. The first kappa shape index (κ1) is 6.27. The molecule has 1 aliphatic carbocycles. The van der Waals surface area contributed by atoms with Crippen LogP contribution in [0.25, 0.3) is 0 Å². The molecule has 0 aromatic heterocycles. The zero-order valence-electron chi connectivity index (χ0n) is 5.72. The van der Waals surface area contributed by atoms with Gasteiger partial charge in [0.1, 0.15) is 0 Å². The zero-order valence-corrected chi connectivity index (χ0v) is 5.72. The molecule has 9 heavy (non-hydrogen) atoms. The van der Waals surface area contributed by atoms with Gasteiger partial charge in [0.15, 0.2) is 5.78 Å². The van der Waals surface area contributed by atoms with E-state index in [0.29, 0.717) is 0 Å². The van der Waals surface area contributed by atoms with E-state index in [2.05, 4.69) is 0 Å². The Morgan fingerprint density at radius 1 is 1.56 bits per heavy atom. The third-order valence-corrected chi connectivity index (χ3v) is 1.55. The van der Waals surface area contributed by atoms with Crippen molar-refractivity contribution < 1.29 is 4.79 Å². The minimum absolute atomic E-state index is 0.0926. The molecule has 0 saturated carbocycles. The third kappa shape index (κ3) is 1.10. The molecule has 0 aromatic carbocycles. The van der Waals surface area contributed by atoms with E-state index in [1.807, 2.05) is 32.1 Å². The van der Waals surface area contributed by atoms with Gasteiger partial charge >= 0.3 is 0 Å². The van der Waals surface area contributed by atoms with Crippen LogP contribution in [0.3, 0.4) is 0 Å². The van der Waals surface area contributed by atoms with Crippen molar-refractivity contribution in [3.63, 3.8) is 0 Å². The highest BCUT2D eigenvalue weighted by molar-refractivity contribution is 5.98. The SMILES string of the molecule is CC1=CC=CC(C)C1=O. The van der Waals surface area contributed by atoms with E-state index in [4.69, 9.17) is 0 Å². The lowest BCUT2D eigenvalue weighted by Gasteiger charge is -2.07. The summed E-state index contributed by atoms with van der Waals surface area (Å²) in [6.45, 7) is 3.76. The fourth-order valence-corrected chi connectivity index (χ4v) is 0.895. The van der Waals surface area contributed by atoms with Gasteiger partial charge in [-0.05, 0) is 12.5 Å². The smallest absolute Gasteiger partial charge is 0.165 e. The second-order valence-corrected chi connectivity index (χ2v) is 2.39. The molecule has 0 fully saturated rings. The molecule has 0 aliphatic heterocycles. The fourth-order valence-electron chi connectivity index (χ4n) is 0.895. The summed E-state index contributed by atoms with van der Waals surface area (Å²) in [6.07, 6.45) is 5.69. The second kappa shape index (κ2) is 2.18. The van der Waals surface area contributed by atoms with E-state index in [0.717, 1.165) is 5.57 Å². The Balaban J connectivity index is 2.86. The monoisotopic (exact) mass is 122 g/mol. The number of hydrogen-bond donors (Lipinski definition) is 0. The van der Waals surface area contributed by atoms with Gasteiger partial charge in [0, 0.05) is 5.92 Å². The van der Waals surface area contributed by atoms with Gasteiger partial charge in [-0.3, -0.25) is 4.79 Å². The first-order chi connectivity index (χ1) is 4.22. The average molecular weight is 122 g/mol. The molecule has 1 aliphatic rings. The zero-order chi connectivity index (χ0) is 6.85. The summed E-state index contributed by atoms with van der Waals surface area (Å²) >= 11 is 0. The van der Waals surface area contributed by atoms with Crippen LogP contribution in [0.5, 0.6) is 0 Å². The van der Waals surface area contributed by atoms with Crippen LogP contribution in [-0.4, -0.2) is 5.78 Å².